The monoisotopic (exact) mass is 274 g/mol. The summed E-state index contributed by atoms with van der Waals surface area (Å²) in [4.78, 5) is 14.0. The molecule has 3 heteroatoms. The minimum Gasteiger partial charge on any atom is -0.322 e. The Bertz CT molecular complexity index is 439. The molecule has 110 valence electrons. The van der Waals surface area contributed by atoms with E-state index in [1.165, 1.54) is 24.0 Å². The highest BCUT2D eigenvalue weighted by atomic mass is 16.2. The molecule has 0 aromatic heterocycles. The van der Waals surface area contributed by atoms with Crippen LogP contribution in [-0.2, 0) is 4.79 Å². The predicted octanol–water partition coefficient (Wildman–Crippen LogP) is 3.43. The predicted molar refractivity (Wildman–Crippen MR) is 82.5 cm³/mol. The van der Waals surface area contributed by atoms with Gasteiger partial charge in [0.2, 0.25) is 5.91 Å². The van der Waals surface area contributed by atoms with Gasteiger partial charge in [0, 0.05) is 6.54 Å². The second kappa shape index (κ2) is 6.89. The Morgan fingerprint density at radius 1 is 1.25 bits per heavy atom. The number of benzene rings is 1. The van der Waals surface area contributed by atoms with Crippen molar-refractivity contribution in [1.82, 2.24) is 10.2 Å². The van der Waals surface area contributed by atoms with E-state index in [0.717, 1.165) is 13.0 Å². The Kier molecular flexibility index (Phi) is 5.18. The minimum atomic E-state index is 0.0561. The van der Waals surface area contributed by atoms with E-state index in [0.29, 0.717) is 12.5 Å². The van der Waals surface area contributed by atoms with Gasteiger partial charge < -0.3 is 4.90 Å². The molecule has 1 aromatic carbocycles. The van der Waals surface area contributed by atoms with Gasteiger partial charge in [-0.2, -0.15) is 0 Å². The molecule has 1 saturated heterocycles. The van der Waals surface area contributed by atoms with Crippen LogP contribution in [0.15, 0.2) is 24.3 Å². The second-order valence-electron chi connectivity index (χ2n) is 5.90. The molecule has 1 amide bonds. The summed E-state index contributed by atoms with van der Waals surface area (Å²) in [5, 5.41) is 3.32. The maximum absolute atomic E-state index is 12.0. The smallest absolute Gasteiger partial charge is 0.238 e. The van der Waals surface area contributed by atoms with Gasteiger partial charge in [-0.1, -0.05) is 57.9 Å². The second-order valence-corrected chi connectivity index (χ2v) is 5.90. The SMILES string of the molecule is CCCCCN1C(=O)CNC1c1ccc(C(C)C)cc1. The van der Waals surface area contributed by atoms with Crippen molar-refractivity contribution in [1.29, 1.82) is 0 Å². The third kappa shape index (κ3) is 3.40. The van der Waals surface area contributed by atoms with Crippen LogP contribution in [0.25, 0.3) is 0 Å². The molecule has 0 bridgehead atoms. The molecule has 1 unspecified atom stereocenters. The zero-order valence-electron chi connectivity index (χ0n) is 12.9. The van der Waals surface area contributed by atoms with E-state index < -0.39 is 0 Å². The summed E-state index contributed by atoms with van der Waals surface area (Å²) >= 11 is 0. The fraction of sp³-hybridized carbons (Fsp3) is 0.588. The first-order valence-electron chi connectivity index (χ1n) is 7.76. The third-order valence-electron chi connectivity index (χ3n) is 4.00. The molecule has 0 aliphatic carbocycles. The summed E-state index contributed by atoms with van der Waals surface area (Å²) in [5.41, 5.74) is 2.53. The first-order valence-corrected chi connectivity index (χ1v) is 7.76. The number of amides is 1. The van der Waals surface area contributed by atoms with Gasteiger partial charge in [-0.15, -0.1) is 0 Å². The van der Waals surface area contributed by atoms with Gasteiger partial charge in [0.1, 0.15) is 6.17 Å². The number of carbonyl (C=O) groups is 1. The van der Waals surface area contributed by atoms with Crippen molar-refractivity contribution in [2.75, 3.05) is 13.1 Å². The van der Waals surface area contributed by atoms with E-state index in [1.54, 1.807) is 0 Å². The summed E-state index contributed by atoms with van der Waals surface area (Å²) in [5.74, 6) is 0.766. The van der Waals surface area contributed by atoms with Crippen LogP contribution in [0, 0.1) is 0 Å². The largest absolute Gasteiger partial charge is 0.322 e. The third-order valence-corrected chi connectivity index (χ3v) is 4.00. The van der Waals surface area contributed by atoms with E-state index in [4.69, 9.17) is 0 Å². The summed E-state index contributed by atoms with van der Waals surface area (Å²) in [7, 11) is 0. The maximum atomic E-state index is 12.0. The van der Waals surface area contributed by atoms with Gasteiger partial charge >= 0.3 is 0 Å². The van der Waals surface area contributed by atoms with Gasteiger partial charge in [0.15, 0.2) is 0 Å². The quantitative estimate of drug-likeness (QED) is 0.806. The average molecular weight is 274 g/mol. The fourth-order valence-corrected chi connectivity index (χ4v) is 2.69. The van der Waals surface area contributed by atoms with Crippen molar-refractivity contribution in [3.8, 4) is 0 Å². The molecule has 20 heavy (non-hydrogen) atoms. The van der Waals surface area contributed by atoms with Gasteiger partial charge in [-0.3, -0.25) is 10.1 Å². The van der Waals surface area contributed by atoms with E-state index in [-0.39, 0.29) is 12.1 Å². The van der Waals surface area contributed by atoms with Crippen LogP contribution >= 0.6 is 0 Å². The number of hydrogen-bond donors (Lipinski definition) is 1. The highest BCUT2D eigenvalue weighted by molar-refractivity contribution is 5.80. The summed E-state index contributed by atoms with van der Waals surface area (Å²) in [6, 6.07) is 8.65. The van der Waals surface area contributed by atoms with Crippen LogP contribution in [0.4, 0.5) is 0 Å². The zero-order valence-corrected chi connectivity index (χ0v) is 12.9. The van der Waals surface area contributed by atoms with E-state index in [9.17, 15) is 4.79 Å². The molecule has 1 aromatic rings. The molecule has 1 fully saturated rings. The van der Waals surface area contributed by atoms with Crippen molar-refractivity contribution < 1.29 is 4.79 Å². The van der Waals surface area contributed by atoms with Gasteiger partial charge in [-0.05, 0) is 23.5 Å². The lowest BCUT2D eigenvalue weighted by Gasteiger charge is -2.25. The molecule has 2 rings (SSSR count). The number of hydrogen-bond acceptors (Lipinski definition) is 2. The van der Waals surface area contributed by atoms with E-state index in [2.05, 4.69) is 50.4 Å². The van der Waals surface area contributed by atoms with Gasteiger partial charge in [0.05, 0.1) is 6.54 Å². The molecule has 1 heterocycles. The lowest BCUT2D eigenvalue weighted by atomic mass is 10.0. The Labute approximate surface area is 122 Å². The fourth-order valence-electron chi connectivity index (χ4n) is 2.69. The standard InChI is InChI=1S/C17H26N2O/c1-4-5-6-11-19-16(20)12-18-17(19)15-9-7-14(8-10-15)13(2)3/h7-10,13,17-18H,4-6,11-12H2,1-3H3. The lowest BCUT2D eigenvalue weighted by molar-refractivity contribution is -0.128. The molecule has 0 radical (unpaired) electrons. The topological polar surface area (TPSA) is 32.3 Å². The highest BCUT2D eigenvalue weighted by Gasteiger charge is 2.30. The first kappa shape index (κ1) is 15.0. The summed E-state index contributed by atoms with van der Waals surface area (Å²) < 4.78 is 0. The summed E-state index contributed by atoms with van der Waals surface area (Å²) in [6.07, 6.45) is 3.51. The number of nitrogens with one attached hydrogen (secondary N) is 1. The van der Waals surface area contributed by atoms with Crippen molar-refractivity contribution in [2.24, 2.45) is 0 Å². The molecule has 1 N–H and O–H groups in total. The van der Waals surface area contributed by atoms with Crippen LogP contribution in [0.1, 0.15) is 63.2 Å². The van der Waals surface area contributed by atoms with Crippen LogP contribution in [-0.4, -0.2) is 23.9 Å². The number of unbranched alkanes of at least 4 members (excludes halogenated alkanes) is 2. The van der Waals surface area contributed by atoms with Crippen LogP contribution in [0.2, 0.25) is 0 Å². The van der Waals surface area contributed by atoms with E-state index >= 15 is 0 Å². The molecule has 3 nitrogen and oxygen atoms in total. The minimum absolute atomic E-state index is 0.0561. The molecule has 0 saturated carbocycles. The van der Waals surface area contributed by atoms with Gasteiger partial charge in [0.25, 0.3) is 0 Å². The summed E-state index contributed by atoms with van der Waals surface area (Å²) in [6.45, 7) is 7.90. The van der Waals surface area contributed by atoms with Crippen LogP contribution < -0.4 is 5.32 Å². The first-order chi connectivity index (χ1) is 9.63. The molecule has 1 aliphatic heterocycles. The Balaban J connectivity index is 2.07. The molecule has 1 atom stereocenters. The van der Waals surface area contributed by atoms with Crippen molar-refractivity contribution >= 4 is 5.91 Å². The maximum Gasteiger partial charge on any atom is 0.238 e. The van der Waals surface area contributed by atoms with Crippen molar-refractivity contribution in [2.45, 2.75) is 52.1 Å². The number of nitrogens with zero attached hydrogens (tertiary/aromatic N) is 1. The Hall–Kier alpha value is -1.35. The van der Waals surface area contributed by atoms with Crippen LogP contribution in [0.3, 0.4) is 0 Å². The Morgan fingerprint density at radius 2 is 1.95 bits per heavy atom. The average Bonchev–Trinajstić information content (AvgIpc) is 2.81. The molecule has 1 aliphatic rings. The molecular formula is C17H26N2O. The Morgan fingerprint density at radius 3 is 2.55 bits per heavy atom. The highest BCUT2D eigenvalue weighted by Crippen LogP contribution is 2.25. The van der Waals surface area contributed by atoms with Gasteiger partial charge in [-0.25, -0.2) is 0 Å². The normalized spacial score (nSPS) is 19.1. The number of rotatable bonds is 6. The van der Waals surface area contributed by atoms with Crippen LogP contribution in [0.5, 0.6) is 0 Å². The number of carbonyl (C=O) groups excluding carboxylic acids is 1. The molecule has 0 spiro atoms. The zero-order chi connectivity index (χ0) is 14.5. The van der Waals surface area contributed by atoms with E-state index in [1.807, 2.05) is 4.90 Å². The lowest BCUT2D eigenvalue weighted by Crippen LogP contribution is -2.31. The molecular weight excluding hydrogens is 248 g/mol. The van der Waals surface area contributed by atoms with Crippen molar-refractivity contribution in [3.63, 3.8) is 0 Å². The van der Waals surface area contributed by atoms with Crippen molar-refractivity contribution in [3.05, 3.63) is 35.4 Å².